The van der Waals surface area contributed by atoms with Gasteiger partial charge in [-0.15, -0.1) is 0 Å². The molecule has 4 heteroatoms. The zero-order valence-electron chi connectivity index (χ0n) is 10.8. The molecule has 1 amide bonds. The lowest BCUT2D eigenvalue weighted by molar-refractivity contribution is 0.0992. The van der Waals surface area contributed by atoms with Gasteiger partial charge in [-0.05, 0) is 36.4 Å². The highest BCUT2D eigenvalue weighted by Crippen LogP contribution is 2.27. The summed E-state index contributed by atoms with van der Waals surface area (Å²) in [6, 6.07) is 13.5. The van der Waals surface area contributed by atoms with Crippen LogP contribution in [-0.4, -0.2) is 25.2 Å². The first-order valence-corrected chi connectivity index (χ1v) is 5.83. The van der Waals surface area contributed by atoms with Crippen molar-refractivity contribution < 1.29 is 14.6 Å². The van der Waals surface area contributed by atoms with Crippen molar-refractivity contribution in [2.24, 2.45) is 0 Å². The third kappa shape index (κ3) is 2.68. The average Bonchev–Trinajstić information content (AvgIpc) is 2.46. The van der Waals surface area contributed by atoms with Crippen LogP contribution in [-0.2, 0) is 0 Å². The maximum Gasteiger partial charge on any atom is 0.258 e. The second kappa shape index (κ2) is 5.44. The summed E-state index contributed by atoms with van der Waals surface area (Å²) < 4.78 is 5.24. The van der Waals surface area contributed by atoms with Gasteiger partial charge in [-0.25, -0.2) is 0 Å². The van der Waals surface area contributed by atoms with Crippen LogP contribution in [0.5, 0.6) is 11.5 Å². The Bertz CT molecular complexity index is 578. The van der Waals surface area contributed by atoms with Gasteiger partial charge in [0.15, 0.2) is 0 Å². The van der Waals surface area contributed by atoms with Crippen LogP contribution in [0.2, 0.25) is 0 Å². The summed E-state index contributed by atoms with van der Waals surface area (Å²) >= 11 is 0. The van der Waals surface area contributed by atoms with Crippen molar-refractivity contribution in [2.75, 3.05) is 19.1 Å². The Morgan fingerprint density at radius 2 is 1.74 bits per heavy atom. The van der Waals surface area contributed by atoms with E-state index in [1.54, 1.807) is 32.4 Å². The number of amides is 1. The SMILES string of the molecule is COc1ccccc1N(C)C(=O)c1ccc(O)cc1. The number of ether oxygens (including phenoxy) is 1. The molecule has 2 aromatic rings. The van der Waals surface area contributed by atoms with E-state index in [1.165, 1.54) is 17.0 Å². The molecule has 98 valence electrons. The molecule has 0 aliphatic heterocycles. The molecule has 0 aliphatic carbocycles. The summed E-state index contributed by atoms with van der Waals surface area (Å²) in [6.45, 7) is 0. The molecule has 0 aliphatic rings. The maximum absolute atomic E-state index is 12.3. The summed E-state index contributed by atoms with van der Waals surface area (Å²) in [7, 11) is 3.25. The van der Waals surface area contributed by atoms with Crippen molar-refractivity contribution in [1.82, 2.24) is 0 Å². The Hall–Kier alpha value is -2.49. The normalized spacial score (nSPS) is 10.0. The molecule has 0 atom stereocenters. The van der Waals surface area contributed by atoms with E-state index in [2.05, 4.69) is 0 Å². The first kappa shape index (κ1) is 13.0. The highest BCUT2D eigenvalue weighted by atomic mass is 16.5. The molecule has 0 unspecified atom stereocenters. The fourth-order valence-corrected chi connectivity index (χ4v) is 1.81. The number of carbonyl (C=O) groups excluding carboxylic acids is 1. The largest absolute Gasteiger partial charge is 0.508 e. The molecule has 0 saturated carbocycles. The predicted molar refractivity (Wildman–Crippen MR) is 73.8 cm³/mol. The number of para-hydroxylation sites is 2. The number of hydrogen-bond acceptors (Lipinski definition) is 3. The van der Waals surface area contributed by atoms with Gasteiger partial charge in [0.2, 0.25) is 0 Å². The van der Waals surface area contributed by atoms with Crippen molar-refractivity contribution >= 4 is 11.6 Å². The Labute approximate surface area is 111 Å². The summed E-state index contributed by atoms with van der Waals surface area (Å²) in [4.78, 5) is 13.8. The molecule has 0 saturated heterocycles. The molecule has 2 rings (SSSR count). The maximum atomic E-state index is 12.3. The van der Waals surface area contributed by atoms with Gasteiger partial charge in [0.05, 0.1) is 12.8 Å². The molecule has 1 N–H and O–H groups in total. The van der Waals surface area contributed by atoms with Crippen LogP contribution >= 0.6 is 0 Å². The minimum absolute atomic E-state index is 0.136. The van der Waals surface area contributed by atoms with Crippen LogP contribution in [0.25, 0.3) is 0 Å². The van der Waals surface area contributed by atoms with E-state index in [4.69, 9.17) is 4.74 Å². The lowest BCUT2D eigenvalue weighted by Crippen LogP contribution is -2.26. The van der Waals surface area contributed by atoms with Crippen LogP contribution < -0.4 is 9.64 Å². The van der Waals surface area contributed by atoms with Crippen LogP contribution in [0.1, 0.15) is 10.4 Å². The number of benzene rings is 2. The second-order valence-corrected chi connectivity index (χ2v) is 4.08. The Morgan fingerprint density at radius 1 is 1.11 bits per heavy atom. The number of phenolic OH excluding ortho intramolecular Hbond substituents is 1. The minimum atomic E-state index is -0.162. The molecule has 19 heavy (non-hydrogen) atoms. The van der Waals surface area contributed by atoms with Gasteiger partial charge in [-0.3, -0.25) is 4.79 Å². The zero-order chi connectivity index (χ0) is 13.8. The highest BCUT2D eigenvalue weighted by molar-refractivity contribution is 6.06. The van der Waals surface area contributed by atoms with Crippen molar-refractivity contribution in [3.63, 3.8) is 0 Å². The highest BCUT2D eigenvalue weighted by Gasteiger charge is 2.16. The summed E-state index contributed by atoms with van der Waals surface area (Å²) in [5, 5.41) is 9.23. The second-order valence-electron chi connectivity index (χ2n) is 4.08. The van der Waals surface area contributed by atoms with Gasteiger partial charge in [0.1, 0.15) is 11.5 Å². The van der Waals surface area contributed by atoms with E-state index in [0.29, 0.717) is 17.0 Å². The van der Waals surface area contributed by atoms with E-state index in [-0.39, 0.29) is 11.7 Å². The number of anilines is 1. The van der Waals surface area contributed by atoms with E-state index in [1.807, 2.05) is 18.2 Å². The Balaban J connectivity index is 2.30. The third-order valence-corrected chi connectivity index (χ3v) is 2.87. The first-order chi connectivity index (χ1) is 9.13. The van der Waals surface area contributed by atoms with Gasteiger partial charge in [0.25, 0.3) is 5.91 Å². The molecule has 4 nitrogen and oxygen atoms in total. The predicted octanol–water partition coefficient (Wildman–Crippen LogP) is 2.68. The fraction of sp³-hybridized carbons (Fsp3) is 0.133. The number of nitrogens with zero attached hydrogens (tertiary/aromatic N) is 1. The van der Waals surface area contributed by atoms with Crippen molar-refractivity contribution in [1.29, 1.82) is 0 Å². The van der Waals surface area contributed by atoms with Crippen LogP contribution in [0.3, 0.4) is 0 Å². The van der Waals surface area contributed by atoms with E-state index < -0.39 is 0 Å². The lowest BCUT2D eigenvalue weighted by atomic mass is 10.1. The van der Waals surface area contributed by atoms with E-state index >= 15 is 0 Å². The monoisotopic (exact) mass is 257 g/mol. The van der Waals surface area contributed by atoms with Gasteiger partial charge >= 0.3 is 0 Å². The smallest absolute Gasteiger partial charge is 0.258 e. The molecule has 2 aromatic carbocycles. The molecule has 0 bridgehead atoms. The standard InChI is InChI=1S/C15H15NO3/c1-16(13-5-3-4-6-14(13)19-2)15(18)11-7-9-12(17)10-8-11/h3-10,17H,1-2H3. The number of aromatic hydroxyl groups is 1. The van der Waals surface area contributed by atoms with Crippen LogP contribution in [0.15, 0.2) is 48.5 Å². The topological polar surface area (TPSA) is 49.8 Å². The first-order valence-electron chi connectivity index (χ1n) is 5.83. The third-order valence-electron chi connectivity index (χ3n) is 2.87. The molecule has 0 aromatic heterocycles. The van der Waals surface area contributed by atoms with E-state index in [0.717, 1.165) is 0 Å². The van der Waals surface area contributed by atoms with Crippen molar-refractivity contribution in [2.45, 2.75) is 0 Å². The van der Waals surface area contributed by atoms with Crippen LogP contribution in [0, 0.1) is 0 Å². The van der Waals surface area contributed by atoms with Crippen LogP contribution in [0.4, 0.5) is 5.69 Å². The number of hydrogen-bond donors (Lipinski definition) is 1. The molecular weight excluding hydrogens is 242 g/mol. The number of methoxy groups -OCH3 is 1. The molecule has 0 heterocycles. The quantitative estimate of drug-likeness (QED) is 0.919. The van der Waals surface area contributed by atoms with Gasteiger partial charge in [0, 0.05) is 12.6 Å². The Morgan fingerprint density at radius 3 is 2.37 bits per heavy atom. The molecule has 0 fully saturated rings. The molecule has 0 radical (unpaired) electrons. The summed E-state index contributed by atoms with van der Waals surface area (Å²) in [6.07, 6.45) is 0. The lowest BCUT2D eigenvalue weighted by Gasteiger charge is -2.19. The Kier molecular flexibility index (Phi) is 3.71. The minimum Gasteiger partial charge on any atom is -0.508 e. The van der Waals surface area contributed by atoms with Crippen molar-refractivity contribution in [3.05, 3.63) is 54.1 Å². The van der Waals surface area contributed by atoms with Gasteiger partial charge < -0.3 is 14.7 Å². The average molecular weight is 257 g/mol. The van der Waals surface area contributed by atoms with Crippen molar-refractivity contribution in [3.8, 4) is 11.5 Å². The number of rotatable bonds is 3. The molecule has 0 spiro atoms. The van der Waals surface area contributed by atoms with Gasteiger partial charge in [-0.1, -0.05) is 12.1 Å². The summed E-state index contributed by atoms with van der Waals surface area (Å²) in [5.41, 5.74) is 1.20. The fourth-order valence-electron chi connectivity index (χ4n) is 1.81. The van der Waals surface area contributed by atoms with E-state index in [9.17, 15) is 9.90 Å². The number of phenols is 1. The summed E-state index contributed by atoms with van der Waals surface area (Å²) in [5.74, 6) is 0.609. The molecular formula is C15H15NO3. The number of carbonyl (C=O) groups is 1. The van der Waals surface area contributed by atoms with Gasteiger partial charge in [-0.2, -0.15) is 0 Å². The zero-order valence-corrected chi connectivity index (χ0v) is 10.8.